The molecule has 1 fully saturated rings. The number of carbonyl (C=O) groups is 1. The van der Waals surface area contributed by atoms with Crippen molar-refractivity contribution in [3.05, 3.63) is 65.7 Å². The normalized spacial score (nSPS) is 14.5. The van der Waals surface area contributed by atoms with Gasteiger partial charge in [0.05, 0.1) is 7.11 Å². The van der Waals surface area contributed by atoms with E-state index in [-0.39, 0.29) is 12.5 Å². The third kappa shape index (κ3) is 6.12. The van der Waals surface area contributed by atoms with Crippen LogP contribution in [0.1, 0.15) is 30.4 Å². The average Bonchev–Trinajstić information content (AvgIpc) is 2.81. The maximum atomic E-state index is 12.6. The van der Waals surface area contributed by atoms with E-state index in [0.29, 0.717) is 17.4 Å². The monoisotopic (exact) mass is 404 g/mol. The number of carbonyl (C=O) groups excluding carboxylic acids is 1. The van der Waals surface area contributed by atoms with Crippen LogP contribution in [0.5, 0.6) is 11.5 Å². The van der Waals surface area contributed by atoms with Crippen molar-refractivity contribution in [2.45, 2.75) is 25.7 Å². The third-order valence-electron chi connectivity index (χ3n) is 5.51. The zero-order valence-corrected chi connectivity index (χ0v) is 17.4. The Morgan fingerprint density at radius 1 is 1.17 bits per heavy atom. The Bertz CT molecular complexity index is 894. The third-order valence-corrected chi connectivity index (χ3v) is 5.51. The number of rotatable bonds is 8. The van der Waals surface area contributed by atoms with Crippen LogP contribution in [0.3, 0.4) is 0 Å². The first-order valence-electron chi connectivity index (χ1n) is 10.4. The van der Waals surface area contributed by atoms with Gasteiger partial charge in [0.25, 0.3) is 0 Å². The number of nitrogens with zero attached hydrogens (tertiary/aromatic N) is 2. The van der Waals surface area contributed by atoms with Crippen LogP contribution >= 0.6 is 0 Å². The molecule has 1 aliphatic heterocycles. The second-order valence-electron chi connectivity index (χ2n) is 7.48. The number of aryl methyl sites for hydroxylation is 1. The molecule has 1 saturated heterocycles. The molecule has 0 bridgehead atoms. The van der Waals surface area contributed by atoms with E-state index in [1.165, 1.54) is 12.0 Å². The van der Waals surface area contributed by atoms with Crippen molar-refractivity contribution in [1.29, 1.82) is 5.26 Å². The standard InChI is InChI=1S/C25H28N2O3/c1-29-24-19-22(9-11-23(24)30-18-15-26)10-12-25(28)27-16-13-21(14-17-27)8-7-20-5-3-2-4-6-20/h2-6,9-12,19,21H,7-8,13-14,16-18H2,1H3/b12-10+. The first-order valence-corrected chi connectivity index (χ1v) is 10.4. The van der Waals surface area contributed by atoms with Gasteiger partial charge in [-0.3, -0.25) is 4.79 Å². The molecule has 0 aliphatic carbocycles. The second kappa shape index (κ2) is 11.1. The van der Waals surface area contributed by atoms with E-state index in [1.54, 1.807) is 31.4 Å². The van der Waals surface area contributed by atoms with Gasteiger partial charge in [0.1, 0.15) is 6.07 Å². The molecule has 2 aromatic rings. The maximum Gasteiger partial charge on any atom is 0.246 e. The summed E-state index contributed by atoms with van der Waals surface area (Å²) in [5.41, 5.74) is 2.24. The molecule has 5 nitrogen and oxygen atoms in total. The molecule has 5 heteroatoms. The van der Waals surface area contributed by atoms with Gasteiger partial charge in [-0.2, -0.15) is 5.26 Å². The molecule has 1 amide bonds. The minimum Gasteiger partial charge on any atom is -0.493 e. The fourth-order valence-corrected chi connectivity index (χ4v) is 3.75. The van der Waals surface area contributed by atoms with Crippen LogP contribution in [0.15, 0.2) is 54.6 Å². The van der Waals surface area contributed by atoms with Crippen molar-refractivity contribution in [3.63, 3.8) is 0 Å². The quantitative estimate of drug-likeness (QED) is 0.609. The lowest BCUT2D eigenvalue weighted by Gasteiger charge is -2.31. The second-order valence-corrected chi connectivity index (χ2v) is 7.48. The van der Waals surface area contributed by atoms with Crippen LogP contribution in [0.2, 0.25) is 0 Å². The average molecular weight is 405 g/mol. The van der Waals surface area contributed by atoms with Crippen LogP contribution in [0.25, 0.3) is 6.08 Å². The van der Waals surface area contributed by atoms with Gasteiger partial charge < -0.3 is 14.4 Å². The predicted molar refractivity (Wildman–Crippen MR) is 117 cm³/mol. The number of piperidine rings is 1. The van der Waals surface area contributed by atoms with E-state index in [9.17, 15) is 4.79 Å². The smallest absolute Gasteiger partial charge is 0.246 e. The van der Waals surface area contributed by atoms with Gasteiger partial charge in [-0.05, 0) is 60.9 Å². The van der Waals surface area contributed by atoms with Crippen molar-refractivity contribution in [3.8, 4) is 17.6 Å². The maximum absolute atomic E-state index is 12.6. The van der Waals surface area contributed by atoms with Crippen molar-refractivity contribution >= 4 is 12.0 Å². The summed E-state index contributed by atoms with van der Waals surface area (Å²) in [6, 6.07) is 17.9. The van der Waals surface area contributed by atoms with Crippen LogP contribution in [-0.4, -0.2) is 37.6 Å². The summed E-state index contributed by atoms with van der Waals surface area (Å²) >= 11 is 0. The Hall–Kier alpha value is -3.26. The van der Waals surface area contributed by atoms with E-state index >= 15 is 0 Å². The predicted octanol–water partition coefficient (Wildman–Crippen LogP) is 4.48. The minimum atomic E-state index is -0.0364. The van der Waals surface area contributed by atoms with Crippen LogP contribution in [0, 0.1) is 17.2 Å². The highest BCUT2D eigenvalue weighted by Gasteiger charge is 2.21. The molecule has 1 aliphatic rings. The Morgan fingerprint density at radius 3 is 2.63 bits per heavy atom. The zero-order chi connectivity index (χ0) is 21.2. The minimum absolute atomic E-state index is 0.0364. The molecule has 0 aromatic heterocycles. The fraction of sp³-hybridized carbons (Fsp3) is 0.360. The van der Waals surface area contributed by atoms with Crippen LogP contribution in [-0.2, 0) is 11.2 Å². The molecular weight excluding hydrogens is 376 g/mol. The molecule has 0 N–H and O–H groups in total. The summed E-state index contributed by atoms with van der Waals surface area (Å²) in [5, 5.41) is 8.64. The Balaban J connectivity index is 1.48. The highest BCUT2D eigenvalue weighted by molar-refractivity contribution is 5.91. The summed E-state index contributed by atoms with van der Waals surface area (Å²) in [4.78, 5) is 14.5. The highest BCUT2D eigenvalue weighted by atomic mass is 16.5. The van der Waals surface area contributed by atoms with Crippen molar-refractivity contribution < 1.29 is 14.3 Å². The van der Waals surface area contributed by atoms with E-state index in [2.05, 4.69) is 24.3 Å². The molecule has 30 heavy (non-hydrogen) atoms. The fourth-order valence-electron chi connectivity index (χ4n) is 3.75. The number of methoxy groups -OCH3 is 1. The lowest BCUT2D eigenvalue weighted by Crippen LogP contribution is -2.37. The molecule has 156 valence electrons. The molecule has 0 spiro atoms. The van der Waals surface area contributed by atoms with E-state index in [1.807, 2.05) is 23.1 Å². The van der Waals surface area contributed by atoms with Gasteiger partial charge >= 0.3 is 0 Å². The van der Waals surface area contributed by atoms with E-state index in [0.717, 1.165) is 37.9 Å². The summed E-state index contributed by atoms with van der Waals surface area (Å²) in [5.74, 6) is 1.78. The molecule has 0 saturated carbocycles. The molecule has 0 unspecified atom stereocenters. The number of nitriles is 1. The molecule has 0 radical (unpaired) electrons. The number of likely N-dealkylation sites (tertiary alicyclic amines) is 1. The summed E-state index contributed by atoms with van der Waals surface area (Å²) in [6.07, 6.45) is 7.82. The number of hydrogen-bond acceptors (Lipinski definition) is 4. The van der Waals surface area contributed by atoms with Gasteiger partial charge in [-0.15, -0.1) is 0 Å². The Morgan fingerprint density at radius 2 is 1.93 bits per heavy atom. The van der Waals surface area contributed by atoms with Gasteiger partial charge in [0, 0.05) is 19.2 Å². The Kier molecular flexibility index (Phi) is 7.91. The lowest BCUT2D eigenvalue weighted by atomic mass is 9.90. The largest absolute Gasteiger partial charge is 0.493 e. The summed E-state index contributed by atoms with van der Waals surface area (Å²) < 4.78 is 10.6. The molecule has 1 heterocycles. The van der Waals surface area contributed by atoms with Crippen molar-refractivity contribution in [2.75, 3.05) is 26.8 Å². The molecular formula is C25H28N2O3. The first kappa shape index (κ1) is 21.4. The van der Waals surface area contributed by atoms with Crippen molar-refractivity contribution in [1.82, 2.24) is 4.90 Å². The van der Waals surface area contributed by atoms with E-state index in [4.69, 9.17) is 14.7 Å². The topological polar surface area (TPSA) is 62.6 Å². The summed E-state index contributed by atoms with van der Waals surface area (Å²) in [7, 11) is 1.55. The number of hydrogen-bond donors (Lipinski definition) is 0. The number of ether oxygens (including phenoxy) is 2. The van der Waals surface area contributed by atoms with Crippen LogP contribution < -0.4 is 9.47 Å². The van der Waals surface area contributed by atoms with Gasteiger partial charge in [-0.1, -0.05) is 36.4 Å². The number of amides is 1. The van der Waals surface area contributed by atoms with E-state index < -0.39 is 0 Å². The van der Waals surface area contributed by atoms with Gasteiger partial charge in [0.2, 0.25) is 5.91 Å². The first-order chi connectivity index (χ1) is 14.7. The van der Waals surface area contributed by atoms with Crippen molar-refractivity contribution in [2.24, 2.45) is 5.92 Å². The van der Waals surface area contributed by atoms with Gasteiger partial charge in [-0.25, -0.2) is 0 Å². The van der Waals surface area contributed by atoms with Crippen LogP contribution in [0.4, 0.5) is 0 Å². The number of benzene rings is 2. The van der Waals surface area contributed by atoms with Gasteiger partial charge in [0.15, 0.2) is 18.1 Å². The molecule has 0 atom stereocenters. The molecule has 2 aromatic carbocycles. The SMILES string of the molecule is COc1cc(/C=C/C(=O)N2CCC(CCc3ccccc3)CC2)ccc1OCC#N. The Labute approximate surface area is 178 Å². The lowest BCUT2D eigenvalue weighted by molar-refractivity contribution is -0.127. The molecule has 3 rings (SSSR count). The summed E-state index contributed by atoms with van der Waals surface area (Å²) in [6.45, 7) is 1.59. The zero-order valence-electron chi connectivity index (χ0n) is 17.4. The highest BCUT2D eigenvalue weighted by Crippen LogP contribution is 2.28.